The SMILES string of the molecule is CCCN1C(OS(=O)(=O)c2ccc(C)cc2)CO[C@@H]2c3cc(O)ccc3CC[C@H]21. The highest BCUT2D eigenvalue weighted by Crippen LogP contribution is 2.41. The summed E-state index contributed by atoms with van der Waals surface area (Å²) in [6.45, 7) is 4.85. The average Bonchev–Trinajstić information content (AvgIpc) is 2.69. The Labute approximate surface area is 172 Å². The fourth-order valence-electron chi connectivity index (χ4n) is 4.33. The Morgan fingerprint density at radius 1 is 1.21 bits per heavy atom. The van der Waals surface area contributed by atoms with Gasteiger partial charge in [-0.25, -0.2) is 4.18 Å². The number of hydrogen-bond acceptors (Lipinski definition) is 6. The van der Waals surface area contributed by atoms with E-state index in [1.165, 1.54) is 5.56 Å². The van der Waals surface area contributed by atoms with Crippen LogP contribution < -0.4 is 0 Å². The molecule has 3 atom stereocenters. The predicted octanol–water partition coefficient (Wildman–Crippen LogP) is 3.53. The van der Waals surface area contributed by atoms with Crippen LogP contribution in [0.1, 0.15) is 42.6 Å². The van der Waals surface area contributed by atoms with E-state index in [1.54, 1.807) is 36.4 Å². The molecule has 6 nitrogen and oxygen atoms in total. The van der Waals surface area contributed by atoms with Gasteiger partial charge in [-0.3, -0.25) is 4.90 Å². The van der Waals surface area contributed by atoms with Crippen molar-refractivity contribution in [1.82, 2.24) is 4.90 Å². The number of hydrogen-bond donors (Lipinski definition) is 1. The molecule has 1 fully saturated rings. The summed E-state index contributed by atoms with van der Waals surface area (Å²) < 4.78 is 37.4. The number of ether oxygens (including phenoxy) is 1. The Morgan fingerprint density at radius 3 is 2.69 bits per heavy atom. The first-order chi connectivity index (χ1) is 13.9. The van der Waals surface area contributed by atoms with E-state index in [1.807, 2.05) is 13.0 Å². The molecule has 0 saturated carbocycles. The Hall–Kier alpha value is -1.93. The molecular weight excluding hydrogens is 390 g/mol. The number of aryl methyl sites for hydroxylation is 2. The molecule has 1 aliphatic carbocycles. The minimum Gasteiger partial charge on any atom is -0.508 e. The van der Waals surface area contributed by atoms with E-state index in [0.717, 1.165) is 30.4 Å². The maximum Gasteiger partial charge on any atom is 0.298 e. The van der Waals surface area contributed by atoms with Gasteiger partial charge in [0, 0.05) is 12.6 Å². The van der Waals surface area contributed by atoms with Crippen molar-refractivity contribution in [2.75, 3.05) is 13.2 Å². The lowest BCUT2D eigenvalue weighted by atomic mass is 9.83. The summed E-state index contributed by atoms with van der Waals surface area (Å²) in [5, 5.41) is 9.92. The van der Waals surface area contributed by atoms with Gasteiger partial charge in [0.2, 0.25) is 0 Å². The van der Waals surface area contributed by atoms with E-state index in [4.69, 9.17) is 8.92 Å². The van der Waals surface area contributed by atoms with Crippen molar-refractivity contribution < 1.29 is 22.4 Å². The Morgan fingerprint density at radius 2 is 1.97 bits per heavy atom. The van der Waals surface area contributed by atoms with E-state index in [9.17, 15) is 13.5 Å². The largest absolute Gasteiger partial charge is 0.508 e. The highest BCUT2D eigenvalue weighted by Gasteiger charge is 2.43. The van der Waals surface area contributed by atoms with Crippen LogP contribution in [0.2, 0.25) is 0 Å². The number of aromatic hydroxyl groups is 1. The van der Waals surface area contributed by atoms with Crippen LogP contribution in [0.25, 0.3) is 0 Å². The van der Waals surface area contributed by atoms with E-state index in [0.29, 0.717) is 6.54 Å². The van der Waals surface area contributed by atoms with Gasteiger partial charge in [-0.15, -0.1) is 0 Å². The predicted molar refractivity (Wildman–Crippen MR) is 109 cm³/mol. The van der Waals surface area contributed by atoms with Crippen LogP contribution in [0.4, 0.5) is 0 Å². The summed E-state index contributed by atoms with van der Waals surface area (Å²) in [5.41, 5.74) is 3.15. The standard InChI is InChI=1S/C22H27NO5S/c1-3-12-23-20-11-7-16-6-8-17(24)13-19(16)22(20)27-14-21(23)28-29(25,26)18-9-4-15(2)5-10-18/h4-6,8-10,13,20-22,24H,3,7,11-12,14H2,1-2H3/t20-,21?,22-/m1/s1. The third-order valence-corrected chi connectivity index (χ3v) is 7.06. The van der Waals surface area contributed by atoms with Crippen molar-refractivity contribution in [3.05, 3.63) is 59.2 Å². The van der Waals surface area contributed by atoms with Gasteiger partial charge in [0.15, 0.2) is 6.23 Å². The van der Waals surface area contributed by atoms with Gasteiger partial charge >= 0.3 is 0 Å². The van der Waals surface area contributed by atoms with Gasteiger partial charge < -0.3 is 9.84 Å². The zero-order chi connectivity index (χ0) is 20.6. The number of fused-ring (bicyclic) bond motifs is 3. The van der Waals surface area contributed by atoms with Crippen molar-refractivity contribution in [1.29, 1.82) is 0 Å². The average molecular weight is 418 g/mol. The normalized spacial score (nSPS) is 24.7. The quantitative estimate of drug-likeness (QED) is 0.750. The van der Waals surface area contributed by atoms with Crippen LogP contribution >= 0.6 is 0 Å². The molecule has 1 unspecified atom stereocenters. The molecule has 1 N–H and O–H groups in total. The van der Waals surface area contributed by atoms with Gasteiger partial charge in [0.25, 0.3) is 10.1 Å². The molecule has 1 aliphatic heterocycles. The van der Waals surface area contributed by atoms with Gasteiger partial charge in [0.05, 0.1) is 17.6 Å². The van der Waals surface area contributed by atoms with E-state index in [-0.39, 0.29) is 29.4 Å². The molecule has 29 heavy (non-hydrogen) atoms. The second kappa shape index (κ2) is 8.07. The van der Waals surface area contributed by atoms with Crippen LogP contribution in [0.3, 0.4) is 0 Å². The minimum atomic E-state index is -3.89. The first-order valence-corrected chi connectivity index (χ1v) is 11.5. The first-order valence-electron chi connectivity index (χ1n) is 10.1. The molecule has 7 heteroatoms. The third-order valence-electron chi connectivity index (χ3n) is 5.74. The molecular formula is C22H27NO5S. The Balaban J connectivity index is 1.59. The molecule has 2 aromatic carbocycles. The highest BCUT2D eigenvalue weighted by molar-refractivity contribution is 7.86. The first kappa shape index (κ1) is 20.3. The number of phenols is 1. The van der Waals surface area contributed by atoms with Gasteiger partial charge in [-0.05, 0) is 61.6 Å². The second-order valence-electron chi connectivity index (χ2n) is 7.80. The molecule has 1 saturated heterocycles. The smallest absolute Gasteiger partial charge is 0.298 e. The Kier molecular flexibility index (Phi) is 5.66. The molecule has 4 rings (SSSR count). The summed E-state index contributed by atoms with van der Waals surface area (Å²) in [6, 6.07) is 12.1. The summed E-state index contributed by atoms with van der Waals surface area (Å²) in [4.78, 5) is 2.27. The fraction of sp³-hybridized carbons (Fsp3) is 0.455. The summed E-state index contributed by atoms with van der Waals surface area (Å²) >= 11 is 0. The topological polar surface area (TPSA) is 76.1 Å². The zero-order valence-corrected chi connectivity index (χ0v) is 17.6. The number of morpholine rings is 1. The molecule has 0 amide bonds. The van der Waals surface area contributed by atoms with E-state index < -0.39 is 16.3 Å². The minimum absolute atomic E-state index is 0.0104. The lowest BCUT2D eigenvalue weighted by molar-refractivity contribution is -0.166. The lowest BCUT2D eigenvalue weighted by Crippen LogP contribution is -2.56. The third kappa shape index (κ3) is 4.05. The summed E-state index contributed by atoms with van der Waals surface area (Å²) in [7, 11) is -3.89. The van der Waals surface area contributed by atoms with Gasteiger partial charge in [-0.2, -0.15) is 8.42 Å². The molecule has 0 aromatic heterocycles. The molecule has 0 spiro atoms. The number of benzene rings is 2. The maximum atomic E-state index is 12.8. The molecule has 1 heterocycles. The fourth-order valence-corrected chi connectivity index (χ4v) is 5.37. The van der Waals surface area contributed by atoms with Crippen LogP contribution in [0, 0.1) is 6.92 Å². The highest BCUT2D eigenvalue weighted by atomic mass is 32.2. The zero-order valence-electron chi connectivity index (χ0n) is 16.7. The van der Waals surface area contributed by atoms with Crippen LogP contribution in [0.5, 0.6) is 5.75 Å². The number of rotatable bonds is 5. The van der Waals surface area contributed by atoms with Crippen molar-refractivity contribution >= 4 is 10.1 Å². The van der Waals surface area contributed by atoms with Crippen LogP contribution in [-0.4, -0.2) is 43.8 Å². The van der Waals surface area contributed by atoms with Crippen molar-refractivity contribution in [3.8, 4) is 5.75 Å². The Bertz CT molecular complexity index is 973. The number of nitrogens with zero attached hydrogens (tertiary/aromatic N) is 1. The van der Waals surface area contributed by atoms with Gasteiger partial charge in [0.1, 0.15) is 5.75 Å². The second-order valence-corrected chi connectivity index (χ2v) is 9.37. The van der Waals surface area contributed by atoms with Crippen molar-refractivity contribution in [2.24, 2.45) is 0 Å². The van der Waals surface area contributed by atoms with E-state index >= 15 is 0 Å². The van der Waals surface area contributed by atoms with E-state index in [2.05, 4.69) is 11.8 Å². The molecule has 0 radical (unpaired) electrons. The van der Waals surface area contributed by atoms with Crippen LogP contribution in [-0.2, 0) is 25.5 Å². The lowest BCUT2D eigenvalue weighted by Gasteiger charge is -2.47. The maximum absolute atomic E-state index is 12.8. The summed E-state index contributed by atoms with van der Waals surface area (Å²) in [6.07, 6.45) is 1.73. The molecule has 2 aliphatic rings. The summed E-state index contributed by atoms with van der Waals surface area (Å²) in [5.74, 6) is 0.218. The molecule has 2 aromatic rings. The monoisotopic (exact) mass is 417 g/mol. The van der Waals surface area contributed by atoms with Crippen molar-refractivity contribution in [3.63, 3.8) is 0 Å². The van der Waals surface area contributed by atoms with Crippen molar-refractivity contribution in [2.45, 2.75) is 56.4 Å². The molecule has 156 valence electrons. The van der Waals surface area contributed by atoms with Gasteiger partial charge in [-0.1, -0.05) is 30.7 Å². The molecule has 0 bridgehead atoms. The van der Waals surface area contributed by atoms with Crippen LogP contribution in [0.15, 0.2) is 47.4 Å². The number of phenolic OH excluding ortho intramolecular Hbond substituents is 1.